The number of ether oxygens (including phenoxy) is 1. The summed E-state index contributed by atoms with van der Waals surface area (Å²) >= 11 is 1.67. The molecule has 1 aliphatic rings. The van der Waals surface area contributed by atoms with Crippen molar-refractivity contribution in [2.45, 2.75) is 26.3 Å². The summed E-state index contributed by atoms with van der Waals surface area (Å²) in [5, 5.41) is 3.24. The molecule has 3 aromatic rings. The van der Waals surface area contributed by atoms with Gasteiger partial charge in [-0.25, -0.2) is 9.97 Å². The van der Waals surface area contributed by atoms with E-state index in [0.717, 1.165) is 54.3 Å². The number of benzene rings is 1. The second-order valence-electron chi connectivity index (χ2n) is 5.79. The van der Waals surface area contributed by atoms with Crippen molar-refractivity contribution in [3.8, 4) is 5.75 Å². The topological polar surface area (TPSA) is 38.2 Å². The first-order valence-electron chi connectivity index (χ1n) is 8.03. The number of hydrogen-bond acceptors (Lipinski definition) is 5. The van der Waals surface area contributed by atoms with E-state index in [1.807, 2.05) is 0 Å². The Kier molecular flexibility index (Phi) is 3.87. The quantitative estimate of drug-likeness (QED) is 0.725. The van der Waals surface area contributed by atoms with Gasteiger partial charge in [-0.1, -0.05) is 13.0 Å². The number of thiophene rings is 1. The van der Waals surface area contributed by atoms with Crippen LogP contribution in [0.15, 0.2) is 36.0 Å². The van der Waals surface area contributed by atoms with Crippen LogP contribution in [-0.2, 0) is 13.0 Å². The summed E-state index contributed by atoms with van der Waals surface area (Å²) < 4.78 is 5.75. The van der Waals surface area contributed by atoms with Crippen LogP contribution in [0, 0.1) is 0 Å². The normalized spacial score (nSPS) is 14.0. The summed E-state index contributed by atoms with van der Waals surface area (Å²) in [7, 11) is 0. The molecule has 0 atom stereocenters. The molecule has 0 saturated heterocycles. The summed E-state index contributed by atoms with van der Waals surface area (Å²) in [6.07, 6.45) is 3.73. The summed E-state index contributed by atoms with van der Waals surface area (Å²) in [5.41, 5.74) is 2.76. The number of hydrogen-bond donors (Lipinski definition) is 0. The van der Waals surface area contributed by atoms with E-state index in [4.69, 9.17) is 4.74 Å². The van der Waals surface area contributed by atoms with Gasteiger partial charge in [-0.05, 0) is 47.5 Å². The Bertz CT molecular complexity index is 830. The fourth-order valence-corrected chi connectivity index (χ4v) is 3.78. The molecule has 4 nitrogen and oxygen atoms in total. The van der Waals surface area contributed by atoms with Gasteiger partial charge in [0.25, 0.3) is 0 Å². The van der Waals surface area contributed by atoms with Crippen LogP contribution in [0.25, 0.3) is 10.2 Å². The predicted octanol–water partition coefficient (Wildman–Crippen LogP) is 4.04. The lowest BCUT2D eigenvalue weighted by Crippen LogP contribution is -2.31. The minimum atomic E-state index is 0.780. The van der Waals surface area contributed by atoms with E-state index in [9.17, 15) is 0 Å². The van der Waals surface area contributed by atoms with Gasteiger partial charge in [0.15, 0.2) is 0 Å². The Morgan fingerprint density at radius 2 is 2.17 bits per heavy atom. The third kappa shape index (κ3) is 2.77. The third-order valence-electron chi connectivity index (χ3n) is 4.20. The van der Waals surface area contributed by atoms with Crippen molar-refractivity contribution in [1.29, 1.82) is 0 Å². The van der Waals surface area contributed by atoms with E-state index in [-0.39, 0.29) is 0 Å². The molecule has 5 heteroatoms. The Morgan fingerprint density at radius 1 is 1.22 bits per heavy atom. The van der Waals surface area contributed by atoms with Crippen molar-refractivity contribution < 1.29 is 4.74 Å². The number of rotatable bonds is 4. The average molecular weight is 325 g/mol. The molecule has 0 bridgehead atoms. The lowest BCUT2D eigenvalue weighted by atomic mass is 9.99. The van der Waals surface area contributed by atoms with Crippen LogP contribution < -0.4 is 9.64 Å². The second-order valence-corrected chi connectivity index (χ2v) is 6.68. The lowest BCUT2D eigenvalue weighted by Gasteiger charge is -2.30. The molecule has 4 rings (SSSR count). The maximum absolute atomic E-state index is 5.75. The van der Waals surface area contributed by atoms with Gasteiger partial charge in [-0.15, -0.1) is 11.3 Å². The zero-order valence-corrected chi connectivity index (χ0v) is 14.0. The van der Waals surface area contributed by atoms with E-state index in [0.29, 0.717) is 0 Å². The number of nitrogens with zero attached hydrogens (tertiary/aromatic N) is 3. The Balaban J connectivity index is 1.60. The fourth-order valence-electron chi connectivity index (χ4n) is 3.05. The fraction of sp³-hybridized carbons (Fsp3) is 0.333. The molecule has 0 spiro atoms. The number of aromatic nitrogens is 2. The van der Waals surface area contributed by atoms with Crippen molar-refractivity contribution in [1.82, 2.24) is 9.97 Å². The van der Waals surface area contributed by atoms with Crippen molar-refractivity contribution in [2.75, 3.05) is 18.1 Å². The SMILES string of the molecule is CCCOc1ccc2c(c1)CCN(c1ncnc3sccc13)C2. The van der Waals surface area contributed by atoms with Gasteiger partial charge >= 0.3 is 0 Å². The zero-order chi connectivity index (χ0) is 15.6. The van der Waals surface area contributed by atoms with Crippen LogP contribution in [0.3, 0.4) is 0 Å². The molecule has 118 valence electrons. The Labute approximate surface area is 139 Å². The monoisotopic (exact) mass is 325 g/mol. The zero-order valence-electron chi connectivity index (χ0n) is 13.2. The highest BCUT2D eigenvalue weighted by Crippen LogP contribution is 2.31. The molecule has 0 amide bonds. The molecule has 0 N–H and O–H groups in total. The molecule has 0 saturated carbocycles. The second kappa shape index (κ2) is 6.16. The molecule has 23 heavy (non-hydrogen) atoms. The molecule has 0 aliphatic carbocycles. The standard InChI is InChI=1S/C18H19N3OS/c1-2-8-22-15-4-3-14-11-21(7-5-13(14)10-15)17-16-6-9-23-18(16)20-12-19-17/h3-4,6,9-10,12H,2,5,7-8,11H2,1H3. The van der Waals surface area contributed by atoms with Gasteiger partial charge in [0.05, 0.1) is 12.0 Å². The van der Waals surface area contributed by atoms with E-state index in [1.165, 1.54) is 11.1 Å². The van der Waals surface area contributed by atoms with E-state index in [2.05, 4.69) is 51.4 Å². The molecule has 2 aromatic heterocycles. The first kappa shape index (κ1) is 14.5. The van der Waals surface area contributed by atoms with Crippen molar-refractivity contribution in [3.05, 3.63) is 47.1 Å². The van der Waals surface area contributed by atoms with Gasteiger partial charge in [0.1, 0.15) is 22.7 Å². The van der Waals surface area contributed by atoms with Crippen molar-refractivity contribution in [2.24, 2.45) is 0 Å². The molecular formula is C18H19N3OS. The predicted molar refractivity (Wildman–Crippen MR) is 94.4 cm³/mol. The van der Waals surface area contributed by atoms with Crippen molar-refractivity contribution >= 4 is 27.4 Å². The first-order chi connectivity index (χ1) is 11.3. The van der Waals surface area contributed by atoms with Gasteiger partial charge in [0.2, 0.25) is 0 Å². The van der Waals surface area contributed by atoms with Gasteiger partial charge < -0.3 is 9.64 Å². The van der Waals surface area contributed by atoms with Crippen LogP contribution in [0.1, 0.15) is 24.5 Å². The maximum Gasteiger partial charge on any atom is 0.141 e. The van der Waals surface area contributed by atoms with E-state index in [1.54, 1.807) is 17.7 Å². The Morgan fingerprint density at radius 3 is 3.09 bits per heavy atom. The molecular weight excluding hydrogens is 306 g/mol. The number of fused-ring (bicyclic) bond motifs is 2. The Hall–Kier alpha value is -2.14. The van der Waals surface area contributed by atoms with E-state index >= 15 is 0 Å². The van der Waals surface area contributed by atoms with E-state index < -0.39 is 0 Å². The molecule has 1 aliphatic heterocycles. The minimum Gasteiger partial charge on any atom is -0.494 e. The van der Waals surface area contributed by atoms with Crippen LogP contribution in [0.5, 0.6) is 5.75 Å². The van der Waals surface area contributed by atoms with Crippen LogP contribution in [0.4, 0.5) is 5.82 Å². The average Bonchev–Trinajstić information content (AvgIpc) is 3.08. The summed E-state index contributed by atoms with van der Waals surface area (Å²) in [6, 6.07) is 8.59. The largest absolute Gasteiger partial charge is 0.494 e. The molecule has 1 aromatic carbocycles. The van der Waals surface area contributed by atoms with Crippen LogP contribution in [0.2, 0.25) is 0 Å². The lowest BCUT2D eigenvalue weighted by molar-refractivity contribution is 0.317. The summed E-state index contributed by atoms with van der Waals surface area (Å²) in [4.78, 5) is 12.3. The smallest absolute Gasteiger partial charge is 0.141 e. The molecule has 3 heterocycles. The van der Waals surface area contributed by atoms with Crippen molar-refractivity contribution in [3.63, 3.8) is 0 Å². The van der Waals surface area contributed by atoms with Gasteiger partial charge in [-0.3, -0.25) is 0 Å². The maximum atomic E-state index is 5.75. The van der Waals surface area contributed by atoms with Crippen LogP contribution >= 0.6 is 11.3 Å². The molecule has 0 unspecified atom stereocenters. The summed E-state index contributed by atoms with van der Waals surface area (Å²) in [6.45, 7) is 4.78. The first-order valence-corrected chi connectivity index (χ1v) is 8.91. The highest BCUT2D eigenvalue weighted by Gasteiger charge is 2.20. The summed E-state index contributed by atoms with van der Waals surface area (Å²) in [5.74, 6) is 2.04. The highest BCUT2D eigenvalue weighted by molar-refractivity contribution is 7.16. The minimum absolute atomic E-state index is 0.780. The van der Waals surface area contributed by atoms with Gasteiger partial charge in [0, 0.05) is 13.1 Å². The highest BCUT2D eigenvalue weighted by atomic mass is 32.1. The molecule has 0 radical (unpaired) electrons. The molecule has 0 fully saturated rings. The van der Waals surface area contributed by atoms with Gasteiger partial charge in [-0.2, -0.15) is 0 Å². The van der Waals surface area contributed by atoms with Crippen LogP contribution in [-0.4, -0.2) is 23.1 Å². The third-order valence-corrected chi connectivity index (χ3v) is 5.02. The number of anilines is 1.